The maximum Gasteiger partial charge on any atom is 0.119 e. The lowest BCUT2D eigenvalue weighted by molar-refractivity contribution is 0.306. The van der Waals surface area contributed by atoms with Crippen molar-refractivity contribution >= 4 is 21.4 Å². The van der Waals surface area contributed by atoms with Gasteiger partial charge in [0.1, 0.15) is 12.4 Å². The number of hydrogen-bond acceptors (Lipinski definition) is 3. The van der Waals surface area contributed by atoms with Gasteiger partial charge in [-0.15, -0.1) is 17.3 Å². The Balaban J connectivity index is 1.52. The van der Waals surface area contributed by atoms with Gasteiger partial charge >= 0.3 is 0 Å². The molecule has 4 rings (SSSR count). The first-order valence-electron chi connectivity index (χ1n) is 10.3. The molecule has 0 spiro atoms. The quantitative estimate of drug-likeness (QED) is 0.302. The molecule has 31 heavy (non-hydrogen) atoms. The van der Waals surface area contributed by atoms with E-state index < -0.39 is 0 Å². The van der Waals surface area contributed by atoms with Gasteiger partial charge in [-0.3, -0.25) is 0 Å². The van der Waals surface area contributed by atoms with Gasteiger partial charge in [0.2, 0.25) is 0 Å². The fourth-order valence-electron chi connectivity index (χ4n) is 3.73. The summed E-state index contributed by atoms with van der Waals surface area (Å²) >= 11 is 1.78. The van der Waals surface area contributed by atoms with Gasteiger partial charge in [0.15, 0.2) is 0 Å². The molecular weight excluding hydrogens is 398 g/mol. The molecule has 0 aliphatic carbocycles. The SMILES string of the molecule is CC#C[C@H](CC#N)c1ccc(OCc2ccc3scc(-c4ccccc4C)c3c2)cc1. The summed E-state index contributed by atoms with van der Waals surface area (Å²) in [4.78, 5) is 0. The highest BCUT2D eigenvalue weighted by Crippen LogP contribution is 2.36. The highest BCUT2D eigenvalue weighted by Gasteiger charge is 2.10. The van der Waals surface area contributed by atoms with E-state index in [2.05, 4.69) is 72.7 Å². The van der Waals surface area contributed by atoms with Crippen LogP contribution in [0.4, 0.5) is 0 Å². The molecule has 1 aromatic heterocycles. The zero-order valence-electron chi connectivity index (χ0n) is 17.7. The molecule has 0 radical (unpaired) electrons. The first-order chi connectivity index (χ1) is 15.2. The van der Waals surface area contributed by atoms with Gasteiger partial charge in [-0.2, -0.15) is 5.26 Å². The number of rotatable bonds is 6. The Bertz CT molecular complexity index is 1300. The van der Waals surface area contributed by atoms with Crippen LogP contribution in [0, 0.1) is 30.1 Å². The van der Waals surface area contributed by atoms with E-state index in [0.717, 1.165) is 16.9 Å². The molecule has 0 amide bonds. The number of nitriles is 1. The van der Waals surface area contributed by atoms with Gasteiger partial charge < -0.3 is 4.74 Å². The van der Waals surface area contributed by atoms with Crippen LogP contribution in [0.2, 0.25) is 0 Å². The van der Waals surface area contributed by atoms with Gasteiger partial charge in [-0.05, 0) is 65.7 Å². The summed E-state index contributed by atoms with van der Waals surface area (Å²) in [6, 6.07) is 25.2. The Labute approximate surface area is 187 Å². The molecule has 4 aromatic rings. The molecule has 0 fully saturated rings. The summed E-state index contributed by atoms with van der Waals surface area (Å²) < 4.78 is 7.33. The van der Waals surface area contributed by atoms with Crippen LogP contribution in [-0.2, 0) is 6.61 Å². The second-order valence-electron chi connectivity index (χ2n) is 7.46. The molecule has 0 aliphatic rings. The zero-order chi connectivity index (χ0) is 21.6. The van der Waals surface area contributed by atoms with Crippen LogP contribution >= 0.6 is 11.3 Å². The highest BCUT2D eigenvalue weighted by molar-refractivity contribution is 7.17. The average Bonchev–Trinajstić information content (AvgIpc) is 3.21. The maximum atomic E-state index is 9.01. The molecule has 3 aromatic carbocycles. The van der Waals surface area contributed by atoms with E-state index in [0.29, 0.717) is 13.0 Å². The predicted molar refractivity (Wildman–Crippen MR) is 129 cm³/mol. The van der Waals surface area contributed by atoms with E-state index in [4.69, 9.17) is 10.00 Å². The second kappa shape index (κ2) is 9.52. The lowest BCUT2D eigenvalue weighted by Gasteiger charge is -2.10. The van der Waals surface area contributed by atoms with Crippen molar-refractivity contribution in [3.63, 3.8) is 0 Å². The van der Waals surface area contributed by atoms with Crippen LogP contribution < -0.4 is 4.74 Å². The number of benzene rings is 3. The van der Waals surface area contributed by atoms with Crippen molar-refractivity contribution in [3.05, 3.63) is 88.8 Å². The molecule has 1 atom stereocenters. The predicted octanol–water partition coefficient (Wildman–Crippen LogP) is 7.48. The van der Waals surface area contributed by atoms with Crippen molar-refractivity contribution in [2.24, 2.45) is 0 Å². The molecular formula is C28H23NOS. The van der Waals surface area contributed by atoms with E-state index in [1.54, 1.807) is 18.3 Å². The van der Waals surface area contributed by atoms with Crippen LogP contribution in [0.15, 0.2) is 72.1 Å². The number of fused-ring (bicyclic) bond motifs is 1. The Morgan fingerprint density at radius 2 is 1.81 bits per heavy atom. The number of hydrogen-bond donors (Lipinski definition) is 0. The van der Waals surface area contributed by atoms with E-state index >= 15 is 0 Å². The third-order valence-electron chi connectivity index (χ3n) is 5.38. The lowest BCUT2D eigenvalue weighted by Crippen LogP contribution is -1.97. The molecule has 2 nitrogen and oxygen atoms in total. The summed E-state index contributed by atoms with van der Waals surface area (Å²) in [6.45, 7) is 4.47. The minimum absolute atomic E-state index is 0.0510. The molecule has 1 heterocycles. The fourth-order valence-corrected chi connectivity index (χ4v) is 4.67. The van der Waals surface area contributed by atoms with Crippen molar-refractivity contribution in [1.29, 1.82) is 5.26 Å². The summed E-state index contributed by atoms with van der Waals surface area (Å²) in [5, 5.41) is 12.5. The Kier molecular flexibility index (Phi) is 6.37. The molecule has 0 N–H and O–H groups in total. The van der Waals surface area contributed by atoms with Gasteiger partial charge in [0, 0.05) is 15.6 Å². The highest BCUT2D eigenvalue weighted by atomic mass is 32.1. The van der Waals surface area contributed by atoms with Crippen LogP contribution in [0.5, 0.6) is 5.75 Å². The average molecular weight is 422 g/mol. The molecule has 0 aliphatic heterocycles. The number of nitrogens with zero attached hydrogens (tertiary/aromatic N) is 1. The van der Waals surface area contributed by atoms with Gasteiger partial charge in [0.05, 0.1) is 18.4 Å². The summed E-state index contributed by atoms with van der Waals surface area (Å²) in [5.74, 6) is 6.78. The Morgan fingerprint density at radius 3 is 2.55 bits per heavy atom. The van der Waals surface area contributed by atoms with Crippen molar-refractivity contribution < 1.29 is 4.74 Å². The molecule has 0 unspecified atom stereocenters. The standard InChI is InChI=1S/C28H23NOS/c1-3-6-22(15-16-29)23-10-12-24(13-11-23)30-18-21-9-14-28-26(17-21)27(19-31-28)25-8-5-4-7-20(25)2/h4-5,7-14,17,19,22H,15,18H2,1-2H3/t22-/m1/s1. The van der Waals surface area contributed by atoms with Crippen LogP contribution in [-0.4, -0.2) is 0 Å². The lowest BCUT2D eigenvalue weighted by atomic mass is 9.97. The van der Waals surface area contributed by atoms with E-state index in [1.165, 1.54) is 26.8 Å². The van der Waals surface area contributed by atoms with Crippen molar-refractivity contribution in [3.8, 4) is 34.8 Å². The largest absolute Gasteiger partial charge is 0.489 e. The van der Waals surface area contributed by atoms with E-state index in [1.807, 2.05) is 24.3 Å². The van der Waals surface area contributed by atoms with E-state index in [-0.39, 0.29) is 5.92 Å². The number of thiophene rings is 1. The van der Waals surface area contributed by atoms with Crippen molar-refractivity contribution in [2.45, 2.75) is 32.8 Å². The second-order valence-corrected chi connectivity index (χ2v) is 8.37. The minimum Gasteiger partial charge on any atom is -0.489 e. The zero-order valence-corrected chi connectivity index (χ0v) is 18.5. The molecule has 152 valence electrons. The first-order valence-corrected chi connectivity index (χ1v) is 11.2. The normalized spacial score (nSPS) is 11.4. The third kappa shape index (κ3) is 4.64. The van der Waals surface area contributed by atoms with Gasteiger partial charge in [-0.1, -0.05) is 48.4 Å². The Morgan fingerprint density at radius 1 is 1.00 bits per heavy atom. The van der Waals surface area contributed by atoms with Crippen LogP contribution in [0.25, 0.3) is 21.2 Å². The van der Waals surface area contributed by atoms with Crippen molar-refractivity contribution in [1.82, 2.24) is 0 Å². The third-order valence-corrected chi connectivity index (χ3v) is 6.34. The number of aryl methyl sites for hydroxylation is 1. The molecule has 0 bridgehead atoms. The maximum absolute atomic E-state index is 9.01. The minimum atomic E-state index is -0.0510. The number of ether oxygens (including phenoxy) is 1. The summed E-state index contributed by atoms with van der Waals surface area (Å²) in [5.41, 5.74) is 6.04. The van der Waals surface area contributed by atoms with Crippen LogP contribution in [0.3, 0.4) is 0 Å². The monoisotopic (exact) mass is 421 g/mol. The first kappa shape index (κ1) is 20.7. The molecule has 3 heteroatoms. The van der Waals surface area contributed by atoms with Gasteiger partial charge in [0.25, 0.3) is 0 Å². The van der Waals surface area contributed by atoms with Gasteiger partial charge in [-0.25, -0.2) is 0 Å². The summed E-state index contributed by atoms with van der Waals surface area (Å²) in [6.07, 6.45) is 0.394. The fraction of sp³-hybridized carbons (Fsp3) is 0.179. The summed E-state index contributed by atoms with van der Waals surface area (Å²) in [7, 11) is 0. The van der Waals surface area contributed by atoms with E-state index in [9.17, 15) is 0 Å². The molecule has 0 saturated heterocycles. The molecule has 0 saturated carbocycles. The topological polar surface area (TPSA) is 33.0 Å². The van der Waals surface area contributed by atoms with Crippen LogP contribution in [0.1, 0.15) is 36.0 Å². The smallest absolute Gasteiger partial charge is 0.119 e. The Hall–Kier alpha value is -3.53. The van der Waals surface area contributed by atoms with Crippen molar-refractivity contribution in [2.75, 3.05) is 0 Å².